The van der Waals surface area contributed by atoms with E-state index in [0.29, 0.717) is 31.3 Å². The van der Waals surface area contributed by atoms with Crippen LogP contribution in [0, 0.1) is 6.92 Å². The Hall–Kier alpha value is -2.20. The van der Waals surface area contributed by atoms with Gasteiger partial charge in [-0.05, 0) is 42.3 Å². The summed E-state index contributed by atoms with van der Waals surface area (Å²) in [6, 6.07) is 13.6. The predicted molar refractivity (Wildman–Crippen MR) is 83.1 cm³/mol. The summed E-state index contributed by atoms with van der Waals surface area (Å²) in [5.41, 5.74) is 7.81. The molecule has 0 aliphatic rings. The molecular formula is C17H21NO3. The van der Waals surface area contributed by atoms with E-state index < -0.39 is 0 Å². The van der Waals surface area contributed by atoms with E-state index >= 15 is 0 Å². The first-order chi connectivity index (χ1) is 10.2. The Kier molecular flexibility index (Phi) is 5.46. The Balaban J connectivity index is 1.88. The Morgan fingerprint density at radius 1 is 0.952 bits per heavy atom. The van der Waals surface area contributed by atoms with E-state index in [4.69, 9.17) is 19.9 Å². The highest BCUT2D eigenvalue weighted by atomic mass is 16.5. The number of nitrogens with two attached hydrogens (primary N) is 1. The van der Waals surface area contributed by atoms with Gasteiger partial charge in [-0.1, -0.05) is 18.2 Å². The van der Waals surface area contributed by atoms with E-state index in [-0.39, 0.29) is 0 Å². The highest BCUT2D eigenvalue weighted by Crippen LogP contribution is 2.27. The molecule has 0 unspecified atom stereocenters. The fourth-order valence-electron chi connectivity index (χ4n) is 1.98. The van der Waals surface area contributed by atoms with Gasteiger partial charge in [-0.15, -0.1) is 0 Å². The van der Waals surface area contributed by atoms with Crippen molar-refractivity contribution in [3.63, 3.8) is 0 Å². The van der Waals surface area contributed by atoms with Crippen LogP contribution in [0.4, 0.5) is 0 Å². The molecule has 0 fully saturated rings. The van der Waals surface area contributed by atoms with Crippen LogP contribution in [-0.2, 0) is 6.54 Å². The van der Waals surface area contributed by atoms with E-state index in [1.165, 1.54) is 5.56 Å². The van der Waals surface area contributed by atoms with Crippen LogP contribution in [0.1, 0.15) is 11.1 Å². The zero-order valence-electron chi connectivity index (χ0n) is 12.5. The van der Waals surface area contributed by atoms with Gasteiger partial charge < -0.3 is 19.9 Å². The molecule has 2 aromatic carbocycles. The number of benzene rings is 2. The third kappa shape index (κ3) is 4.39. The molecule has 0 amide bonds. The molecular weight excluding hydrogens is 266 g/mol. The van der Waals surface area contributed by atoms with E-state index in [1.807, 2.05) is 49.4 Å². The average molecular weight is 287 g/mol. The predicted octanol–water partition coefficient (Wildman–Crippen LogP) is 2.92. The monoisotopic (exact) mass is 287 g/mol. The lowest BCUT2D eigenvalue weighted by atomic mass is 10.2. The van der Waals surface area contributed by atoms with Gasteiger partial charge in [0.05, 0.1) is 7.11 Å². The topological polar surface area (TPSA) is 53.7 Å². The van der Waals surface area contributed by atoms with Crippen molar-refractivity contribution in [2.45, 2.75) is 13.5 Å². The molecule has 0 atom stereocenters. The number of methoxy groups -OCH3 is 1. The van der Waals surface area contributed by atoms with Crippen molar-refractivity contribution in [3.8, 4) is 17.2 Å². The van der Waals surface area contributed by atoms with Gasteiger partial charge in [-0.3, -0.25) is 0 Å². The zero-order chi connectivity index (χ0) is 15.1. The second kappa shape index (κ2) is 7.55. The summed E-state index contributed by atoms with van der Waals surface area (Å²) >= 11 is 0. The molecule has 0 bridgehead atoms. The number of hydrogen-bond acceptors (Lipinski definition) is 4. The molecule has 2 N–H and O–H groups in total. The zero-order valence-corrected chi connectivity index (χ0v) is 12.5. The Bertz CT molecular complexity index is 584. The average Bonchev–Trinajstić information content (AvgIpc) is 2.51. The summed E-state index contributed by atoms with van der Waals surface area (Å²) in [6.07, 6.45) is 0. The lowest BCUT2D eigenvalue weighted by Crippen LogP contribution is -2.10. The van der Waals surface area contributed by atoms with Gasteiger partial charge in [0.1, 0.15) is 19.0 Å². The van der Waals surface area contributed by atoms with Crippen LogP contribution in [-0.4, -0.2) is 20.3 Å². The van der Waals surface area contributed by atoms with Crippen molar-refractivity contribution < 1.29 is 14.2 Å². The van der Waals surface area contributed by atoms with Crippen molar-refractivity contribution in [1.29, 1.82) is 0 Å². The maximum Gasteiger partial charge on any atom is 0.161 e. The molecule has 0 radical (unpaired) electrons. The van der Waals surface area contributed by atoms with Crippen LogP contribution in [0.15, 0.2) is 42.5 Å². The van der Waals surface area contributed by atoms with E-state index in [1.54, 1.807) is 7.11 Å². The lowest BCUT2D eigenvalue weighted by Gasteiger charge is -2.12. The van der Waals surface area contributed by atoms with Gasteiger partial charge >= 0.3 is 0 Å². The van der Waals surface area contributed by atoms with Crippen molar-refractivity contribution in [2.75, 3.05) is 20.3 Å². The number of ether oxygens (including phenoxy) is 3. The Morgan fingerprint density at radius 3 is 2.48 bits per heavy atom. The quantitative estimate of drug-likeness (QED) is 0.796. The summed E-state index contributed by atoms with van der Waals surface area (Å²) < 4.78 is 16.6. The minimum atomic E-state index is 0.443. The first kappa shape index (κ1) is 15.2. The van der Waals surface area contributed by atoms with Gasteiger partial charge in [0.2, 0.25) is 0 Å². The Morgan fingerprint density at radius 2 is 1.76 bits per heavy atom. The highest BCUT2D eigenvalue weighted by Gasteiger charge is 2.05. The first-order valence-electron chi connectivity index (χ1n) is 6.92. The van der Waals surface area contributed by atoms with Crippen LogP contribution in [0.25, 0.3) is 0 Å². The molecule has 0 spiro atoms. The molecule has 0 aromatic heterocycles. The largest absolute Gasteiger partial charge is 0.493 e. The molecule has 112 valence electrons. The molecule has 0 aliphatic heterocycles. The molecule has 0 aliphatic carbocycles. The smallest absolute Gasteiger partial charge is 0.161 e. The van der Waals surface area contributed by atoms with Gasteiger partial charge in [0.25, 0.3) is 0 Å². The van der Waals surface area contributed by atoms with E-state index in [9.17, 15) is 0 Å². The third-order valence-corrected chi connectivity index (χ3v) is 3.06. The molecule has 2 rings (SSSR count). The van der Waals surface area contributed by atoms with Gasteiger partial charge in [-0.2, -0.15) is 0 Å². The fourth-order valence-corrected chi connectivity index (χ4v) is 1.98. The summed E-state index contributed by atoms with van der Waals surface area (Å²) in [6.45, 7) is 3.42. The van der Waals surface area contributed by atoms with Crippen LogP contribution in [0.5, 0.6) is 17.2 Å². The van der Waals surface area contributed by atoms with Crippen LogP contribution in [0.3, 0.4) is 0 Å². The third-order valence-electron chi connectivity index (χ3n) is 3.06. The summed E-state index contributed by atoms with van der Waals surface area (Å²) in [4.78, 5) is 0. The van der Waals surface area contributed by atoms with E-state index in [2.05, 4.69) is 0 Å². The molecule has 4 heteroatoms. The standard InChI is InChI=1S/C17H21NO3/c1-13-4-3-5-15(10-13)20-8-9-21-17-11-14(12-18)6-7-16(17)19-2/h3-7,10-11H,8-9,12,18H2,1-2H3. The maximum atomic E-state index is 5.72. The molecule has 21 heavy (non-hydrogen) atoms. The summed E-state index contributed by atoms with van der Waals surface area (Å²) in [5.74, 6) is 2.23. The van der Waals surface area contributed by atoms with Crippen molar-refractivity contribution in [3.05, 3.63) is 53.6 Å². The second-order valence-corrected chi connectivity index (χ2v) is 4.70. The van der Waals surface area contributed by atoms with Crippen LogP contribution >= 0.6 is 0 Å². The SMILES string of the molecule is COc1ccc(CN)cc1OCCOc1cccc(C)c1. The second-order valence-electron chi connectivity index (χ2n) is 4.70. The minimum absolute atomic E-state index is 0.443. The fraction of sp³-hybridized carbons (Fsp3) is 0.294. The molecule has 0 saturated heterocycles. The van der Waals surface area contributed by atoms with Crippen molar-refractivity contribution in [2.24, 2.45) is 5.73 Å². The molecule has 0 heterocycles. The van der Waals surface area contributed by atoms with Gasteiger partial charge in [0.15, 0.2) is 11.5 Å². The lowest BCUT2D eigenvalue weighted by molar-refractivity contribution is 0.211. The minimum Gasteiger partial charge on any atom is -0.493 e. The van der Waals surface area contributed by atoms with Crippen LogP contribution in [0.2, 0.25) is 0 Å². The maximum absolute atomic E-state index is 5.72. The summed E-state index contributed by atoms with van der Waals surface area (Å²) in [7, 11) is 1.62. The number of aryl methyl sites for hydroxylation is 1. The summed E-state index contributed by atoms with van der Waals surface area (Å²) in [5, 5.41) is 0. The number of hydrogen-bond donors (Lipinski definition) is 1. The van der Waals surface area contributed by atoms with E-state index in [0.717, 1.165) is 11.3 Å². The molecule has 4 nitrogen and oxygen atoms in total. The van der Waals surface area contributed by atoms with Crippen molar-refractivity contribution >= 4 is 0 Å². The van der Waals surface area contributed by atoms with Gasteiger partial charge in [-0.25, -0.2) is 0 Å². The molecule has 2 aromatic rings. The highest BCUT2D eigenvalue weighted by molar-refractivity contribution is 5.42. The van der Waals surface area contributed by atoms with Crippen LogP contribution < -0.4 is 19.9 Å². The first-order valence-corrected chi connectivity index (χ1v) is 6.92. The Labute approximate surface area is 125 Å². The normalized spacial score (nSPS) is 10.2. The van der Waals surface area contributed by atoms with Gasteiger partial charge in [0, 0.05) is 6.54 Å². The molecule has 0 saturated carbocycles. The number of rotatable bonds is 7. The van der Waals surface area contributed by atoms with Crippen molar-refractivity contribution in [1.82, 2.24) is 0 Å².